The lowest BCUT2D eigenvalue weighted by Crippen LogP contribution is -2.50. The molecule has 1 spiro atoms. The molecule has 2 heterocycles. The van der Waals surface area contributed by atoms with Crippen molar-refractivity contribution in [2.24, 2.45) is 0 Å². The Bertz CT molecular complexity index is 346. The first-order valence-electron chi connectivity index (χ1n) is 5.59. The molecule has 0 aromatic rings. The second kappa shape index (κ2) is 4.85. The highest BCUT2D eigenvalue weighted by Gasteiger charge is 2.41. The summed E-state index contributed by atoms with van der Waals surface area (Å²) in [6, 6.07) is 0. The molecule has 2 rings (SSSR count). The molecule has 0 aromatic carbocycles. The fraction of sp³-hybridized carbons (Fsp3) is 0.636. The first kappa shape index (κ1) is 12.1. The highest BCUT2D eigenvalue weighted by Crippen LogP contribution is 2.30. The predicted molar refractivity (Wildman–Crippen MR) is 57.2 cm³/mol. The van der Waals surface area contributed by atoms with Gasteiger partial charge in [0.05, 0.1) is 19.8 Å². The van der Waals surface area contributed by atoms with Gasteiger partial charge in [-0.05, 0) is 6.42 Å². The third kappa shape index (κ3) is 2.83. The van der Waals surface area contributed by atoms with Crippen LogP contribution in [0.15, 0.2) is 12.2 Å². The maximum Gasteiger partial charge on any atom is 0.328 e. The molecule has 0 saturated carbocycles. The van der Waals surface area contributed by atoms with E-state index in [9.17, 15) is 9.59 Å². The van der Waals surface area contributed by atoms with Crippen LogP contribution in [-0.4, -0.2) is 54.0 Å². The number of hydrogen-bond donors (Lipinski definition) is 1. The summed E-state index contributed by atoms with van der Waals surface area (Å²) in [5, 5.41) is 8.46. The lowest BCUT2D eigenvalue weighted by Gasteiger charge is -2.38. The minimum absolute atomic E-state index is 0.314. The van der Waals surface area contributed by atoms with Crippen LogP contribution in [0.3, 0.4) is 0 Å². The third-order valence-corrected chi connectivity index (χ3v) is 2.91. The van der Waals surface area contributed by atoms with Crippen LogP contribution in [-0.2, 0) is 19.1 Å². The van der Waals surface area contributed by atoms with E-state index in [2.05, 4.69) is 0 Å². The van der Waals surface area contributed by atoms with Crippen LogP contribution in [0.2, 0.25) is 0 Å². The quantitative estimate of drug-likeness (QED) is 0.688. The largest absolute Gasteiger partial charge is 0.478 e. The van der Waals surface area contributed by atoms with Gasteiger partial charge in [-0.15, -0.1) is 0 Å². The molecule has 0 aromatic heterocycles. The molecule has 0 atom stereocenters. The molecule has 1 N–H and O–H groups in total. The van der Waals surface area contributed by atoms with Crippen molar-refractivity contribution in [1.82, 2.24) is 4.90 Å². The summed E-state index contributed by atoms with van der Waals surface area (Å²) in [4.78, 5) is 23.6. The summed E-state index contributed by atoms with van der Waals surface area (Å²) < 4.78 is 11.1. The van der Waals surface area contributed by atoms with E-state index in [1.165, 1.54) is 0 Å². The van der Waals surface area contributed by atoms with Crippen LogP contribution >= 0.6 is 0 Å². The van der Waals surface area contributed by atoms with E-state index in [0.29, 0.717) is 26.3 Å². The van der Waals surface area contributed by atoms with Gasteiger partial charge in [-0.1, -0.05) is 0 Å². The maximum atomic E-state index is 11.7. The van der Waals surface area contributed by atoms with E-state index in [0.717, 1.165) is 25.0 Å². The van der Waals surface area contributed by atoms with Gasteiger partial charge in [-0.2, -0.15) is 0 Å². The van der Waals surface area contributed by atoms with Crippen molar-refractivity contribution < 1.29 is 24.2 Å². The molecule has 1 amide bonds. The minimum Gasteiger partial charge on any atom is -0.478 e. The van der Waals surface area contributed by atoms with Crippen LogP contribution in [0.1, 0.15) is 12.8 Å². The van der Waals surface area contributed by atoms with Crippen LogP contribution in [0.5, 0.6) is 0 Å². The van der Waals surface area contributed by atoms with Gasteiger partial charge in [-0.3, -0.25) is 4.79 Å². The summed E-state index contributed by atoms with van der Waals surface area (Å²) in [6.07, 6.45) is 3.49. The molecule has 6 nitrogen and oxygen atoms in total. The van der Waals surface area contributed by atoms with Gasteiger partial charge in [0.1, 0.15) is 0 Å². The zero-order valence-electron chi connectivity index (χ0n) is 9.42. The number of hydrogen-bond acceptors (Lipinski definition) is 4. The van der Waals surface area contributed by atoms with Gasteiger partial charge in [0.15, 0.2) is 5.79 Å². The lowest BCUT2D eigenvalue weighted by molar-refractivity contribution is -0.191. The van der Waals surface area contributed by atoms with Crippen molar-refractivity contribution in [2.45, 2.75) is 18.6 Å². The van der Waals surface area contributed by atoms with E-state index in [4.69, 9.17) is 14.6 Å². The molecule has 94 valence electrons. The molecule has 2 aliphatic heterocycles. The fourth-order valence-electron chi connectivity index (χ4n) is 2.16. The third-order valence-electron chi connectivity index (χ3n) is 2.91. The Morgan fingerprint density at radius 1 is 1.24 bits per heavy atom. The lowest BCUT2D eigenvalue weighted by atomic mass is 10.0. The topological polar surface area (TPSA) is 76.1 Å². The second-order valence-corrected chi connectivity index (χ2v) is 4.14. The summed E-state index contributed by atoms with van der Waals surface area (Å²) >= 11 is 0. The van der Waals surface area contributed by atoms with Crippen molar-refractivity contribution in [3.05, 3.63) is 12.2 Å². The number of carboxylic acid groups (broad SMARTS) is 1. The Kier molecular flexibility index (Phi) is 3.44. The van der Waals surface area contributed by atoms with Gasteiger partial charge in [0.2, 0.25) is 5.91 Å². The van der Waals surface area contributed by atoms with E-state index in [1.807, 2.05) is 0 Å². The average Bonchev–Trinajstić information content (AvgIpc) is 2.74. The number of carbonyl (C=O) groups is 2. The van der Waals surface area contributed by atoms with Gasteiger partial charge in [0.25, 0.3) is 0 Å². The van der Waals surface area contributed by atoms with Crippen molar-refractivity contribution in [2.75, 3.05) is 26.3 Å². The number of rotatable bonds is 2. The molecule has 0 radical (unpaired) electrons. The number of amides is 1. The molecule has 17 heavy (non-hydrogen) atoms. The zero-order valence-corrected chi connectivity index (χ0v) is 9.42. The summed E-state index contributed by atoms with van der Waals surface area (Å²) in [5.74, 6) is -2.10. The van der Waals surface area contributed by atoms with E-state index in [-0.39, 0.29) is 5.91 Å². The van der Waals surface area contributed by atoms with Crippen molar-refractivity contribution in [3.63, 3.8) is 0 Å². The molecule has 2 saturated heterocycles. The number of aliphatic carboxylic acids is 1. The zero-order chi connectivity index (χ0) is 12.3. The Morgan fingerprint density at radius 3 is 2.59 bits per heavy atom. The molecule has 0 bridgehead atoms. The SMILES string of the molecule is O=C(O)/C=C\C(=O)N1CCCC2(C1)OCCO2. The Balaban J connectivity index is 1.97. The number of carbonyl (C=O) groups excluding carboxylic acids is 1. The van der Waals surface area contributed by atoms with Crippen LogP contribution in [0.4, 0.5) is 0 Å². The second-order valence-electron chi connectivity index (χ2n) is 4.14. The number of likely N-dealkylation sites (tertiary alicyclic amines) is 1. The van der Waals surface area contributed by atoms with E-state index >= 15 is 0 Å². The van der Waals surface area contributed by atoms with Crippen molar-refractivity contribution in [1.29, 1.82) is 0 Å². The summed E-state index contributed by atoms with van der Waals surface area (Å²) in [6.45, 7) is 2.08. The minimum atomic E-state index is -1.13. The van der Waals surface area contributed by atoms with E-state index < -0.39 is 11.8 Å². The van der Waals surface area contributed by atoms with Crippen LogP contribution in [0, 0.1) is 0 Å². The molecular weight excluding hydrogens is 226 g/mol. The normalized spacial score (nSPS) is 23.4. The van der Waals surface area contributed by atoms with Gasteiger partial charge in [0, 0.05) is 25.1 Å². The Labute approximate surface area is 98.8 Å². The monoisotopic (exact) mass is 241 g/mol. The highest BCUT2D eigenvalue weighted by atomic mass is 16.7. The van der Waals surface area contributed by atoms with E-state index in [1.54, 1.807) is 4.90 Å². The Morgan fingerprint density at radius 2 is 1.94 bits per heavy atom. The number of nitrogens with zero attached hydrogens (tertiary/aromatic N) is 1. The first-order valence-corrected chi connectivity index (χ1v) is 5.59. The predicted octanol–water partition coefficient (Wildman–Crippen LogP) is -0.00730. The van der Waals surface area contributed by atoms with Crippen LogP contribution < -0.4 is 0 Å². The van der Waals surface area contributed by atoms with Crippen LogP contribution in [0.25, 0.3) is 0 Å². The molecule has 0 unspecified atom stereocenters. The van der Waals surface area contributed by atoms with Gasteiger partial charge >= 0.3 is 5.97 Å². The smallest absolute Gasteiger partial charge is 0.328 e. The number of piperidine rings is 1. The summed E-state index contributed by atoms with van der Waals surface area (Å²) in [7, 11) is 0. The summed E-state index contributed by atoms with van der Waals surface area (Å²) in [5.41, 5.74) is 0. The number of carboxylic acids is 1. The maximum absolute atomic E-state index is 11.7. The molecule has 6 heteroatoms. The van der Waals surface area contributed by atoms with Gasteiger partial charge in [-0.25, -0.2) is 4.79 Å². The fourth-order valence-corrected chi connectivity index (χ4v) is 2.16. The number of ether oxygens (including phenoxy) is 2. The highest BCUT2D eigenvalue weighted by molar-refractivity contribution is 5.93. The standard InChI is InChI=1S/C11H15NO5/c13-9(2-3-10(14)15)12-5-1-4-11(8-12)16-6-7-17-11/h2-3H,1,4-8H2,(H,14,15)/b3-2-. The first-order chi connectivity index (χ1) is 8.11. The van der Waals surface area contributed by atoms with Crippen molar-refractivity contribution >= 4 is 11.9 Å². The molecule has 0 aliphatic carbocycles. The van der Waals surface area contributed by atoms with Crippen molar-refractivity contribution in [3.8, 4) is 0 Å². The molecule has 2 aliphatic rings. The Hall–Kier alpha value is -1.40. The molecule has 2 fully saturated rings. The average molecular weight is 241 g/mol. The van der Waals surface area contributed by atoms with Gasteiger partial charge < -0.3 is 19.5 Å². The molecular formula is C11H15NO5.